The third-order valence-corrected chi connectivity index (χ3v) is 7.97. The number of urea groups is 1. The fourth-order valence-electron chi connectivity index (χ4n) is 6.19. The average molecular weight is 441 g/mol. The Bertz CT molecular complexity index is 788. The summed E-state index contributed by atoms with van der Waals surface area (Å²) in [5.74, 6) is 0. The first-order chi connectivity index (χ1) is 15.7. The minimum Gasteiger partial charge on any atom is -0.445 e. The standard InChI is InChI=1S/C25H36N4O3/c30-24-26-22-8-4-5-9-23(22)29(24)21-12-14-27(15-13-21)20-10-16-28(17-11-20)25(31)32-18-19-6-2-1-3-7-19/h1-3,6-7,20-23H,4-5,8-18H2,(H,26,30). The summed E-state index contributed by atoms with van der Waals surface area (Å²) in [5.41, 5.74) is 1.02. The molecule has 3 saturated heterocycles. The van der Waals surface area contributed by atoms with Crippen LogP contribution in [0.25, 0.3) is 0 Å². The van der Waals surface area contributed by atoms with Crippen molar-refractivity contribution < 1.29 is 14.3 Å². The largest absolute Gasteiger partial charge is 0.445 e. The molecule has 3 heterocycles. The lowest BCUT2D eigenvalue weighted by atomic mass is 9.89. The van der Waals surface area contributed by atoms with E-state index in [0.29, 0.717) is 30.8 Å². The summed E-state index contributed by atoms with van der Waals surface area (Å²) >= 11 is 0. The number of carbonyl (C=O) groups is 2. The lowest BCUT2D eigenvalue weighted by molar-refractivity contribution is 0.0462. The number of amides is 3. The Hall–Kier alpha value is -2.28. The van der Waals surface area contributed by atoms with Crippen LogP contribution in [0, 0.1) is 0 Å². The molecule has 3 amide bonds. The summed E-state index contributed by atoms with van der Waals surface area (Å²) in [6.45, 7) is 3.95. The molecule has 2 atom stereocenters. The molecule has 7 heteroatoms. The Kier molecular flexibility index (Phi) is 6.53. The van der Waals surface area contributed by atoms with Crippen LogP contribution in [0.5, 0.6) is 0 Å². The van der Waals surface area contributed by atoms with Gasteiger partial charge in [0, 0.05) is 38.3 Å². The van der Waals surface area contributed by atoms with Crippen molar-refractivity contribution in [2.75, 3.05) is 26.2 Å². The highest BCUT2D eigenvalue weighted by Gasteiger charge is 2.44. The van der Waals surface area contributed by atoms with E-state index >= 15 is 0 Å². The normalized spacial score (nSPS) is 27.8. The number of fused-ring (bicyclic) bond motifs is 1. The summed E-state index contributed by atoms with van der Waals surface area (Å²) in [5, 5.41) is 3.24. The third-order valence-electron chi connectivity index (χ3n) is 7.97. The van der Waals surface area contributed by atoms with Gasteiger partial charge in [-0.1, -0.05) is 43.2 Å². The molecule has 174 valence electrons. The molecular formula is C25H36N4O3. The molecule has 4 aliphatic rings. The Labute approximate surface area is 191 Å². The smallest absolute Gasteiger partial charge is 0.410 e. The molecule has 1 aromatic rings. The number of ether oxygens (including phenoxy) is 1. The van der Waals surface area contributed by atoms with Gasteiger partial charge in [-0.05, 0) is 44.1 Å². The maximum atomic E-state index is 12.6. The molecule has 0 radical (unpaired) electrons. The van der Waals surface area contributed by atoms with Crippen molar-refractivity contribution in [2.45, 2.75) is 82.1 Å². The number of likely N-dealkylation sites (tertiary alicyclic amines) is 2. The quantitative estimate of drug-likeness (QED) is 0.777. The minimum absolute atomic E-state index is 0.169. The maximum absolute atomic E-state index is 12.6. The molecule has 0 spiro atoms. The number of nitrogens with zero attached hydrogens (tertiary/aromatic N) is 3. The van der Waals surface area contributed by atoms with Crippen LogP contribution in [0.3, 0.4) is 0 Å². The summed E-state index contributed by atoms with van der Waals surface area (Å²) in [7, 11) is 0. The lowest BCUT2D eigenvalue weighted by Gasteiger charge is -2.44. The number of piperidine rings is 2. The first kappa shape index (κ1) is 21.6. The molecule has 7 nitrogen and oxygen atoms in total. The van der Waals surface area contributed by atoms with Crippen molar-refractivity contribution in [2.24, 2.45) is 0 Å². The number of benzene rings is 1. The Balaban J connectivity index is 1.06. The van der Waals surface area contributed by atoms with Crippen molar-refractivity contribution in [3.63, 3.8) is 0 Å². The molecule has 4 fully saturated rings. The van der Waals surface area contributed by atoms with Crippen LogP contribution < -0.4 is 5.32 Å². The molecule has 0 bridgehead atoms. The van der Waals surface area contributed by atoms with E-state index in [9.17, 15) is 9.59 Å². The second kappa shape index (κ2) is 9.69. The number of carbonyl (C=O) groups excluding carboxylic acids is 2. The molecule has 5 rings (SSSR count). The van der Waals surface area contributed by atoms with Gasteiger partial charge >= 0.3 is 12.1 Å². The molecule has 32 heavy (non-hydrogen) atoms. The van der Waals surface area contributed by atoms with Crippen molar-refractivity contribution in [3.8, 4) is 0 Å². The highest BCUT2D eigenvalue weighted by atomic mass is 16.6. The number of hydrogen-bond donors (Lipinski definition) is 1. The maximum Gasteiger partial charge on any atom is 0.410 e. The fourth-order valence-corrected chi connectivity index (χ4v) is 6.19. The van der Waals surface area contributed by atoms with Gasteiger partial charge in [0.25, 0.3) is 0 Å². The van der Waals surface area contributed by atoms with Gasteiger partial charge in [0.1, 0.15) is 6.61 Å². The van der Waals surface area contributed by atoms with Gasteiger partial charge in [0.05, 0.1) is 12.1 Å². The summed E-state index contributed by atoms with van der Waals surface area (Å²) < 4.78 is 5.50. The van der Waals surface area contributed by atoms with E-state index in [0.717, 1.165) is 70.3 Å². The van der Waals surface area contributed by atoms with Crippen LogP contribution in [0.1, 0.15) is 56.9 Å². The monoisotopic (exact) mass is 440 g/mol. The molecule has 1 N–H and O–H groups in total. The molecule has 1 aromatic carbocycles. The van der Waals surface area contributed by atoms with Gasteiger partial charge in [-0.15, -0.1) is 0 Å². The second-order valence-electron chi connectivity index (χ2n) is 9.84. The van der Waals surface area contributed by atoms with E-state index in [1.165, 1.54) is 12.8 Å². The van der Waals surface area contributed by atoms with E-state index in [4.69, 9.17) is 4.74 Å². The van der Waals surface area contributed by atoms with Crippen LogP contribution in [-0.2, 0) is 11.3 Å². The van der Waals surface area contributed by atoms with Crippen molar-refractivity contribution in [1.29, 1.82) is 0 Å². The van der Waals surface area contributed by atoms with Crippen LogP contribution in [-0.4, -0.2) is 77.2 Å². The lowest BCUT2D eigenvalue weighted by Crippen LogP contribution is -2.53. The van der Waals surface area contributed by atoms with E-state index in [2.05, 4.69) is 15.1 Å². The summed E-state index contributed by atoms with van der Waals surface area (Å²) in [6.07, 6.45) is 8.71. The van der Waals surface area contributed by atoms with Crippen LogP contribution in [0.15, 0.2) is 30.3 Å². The fraction of sp³-hybridized carbons (Fsp3) is 0.680. The zero-order valence-electron chi connectivity index (χ0n) is 19.0. The zero-order chi connectivity index (χ0) is 21.9. The number of rotatable bonds is 4. The van der Waals surface area contributed by atoms with Crippen molar-refractivity contribution >= 4 is 12.1 Å². The van der Waals surface area contributed by atoms with E-state index in [1.54, 1.807) is 0 Å². The Morgan fingerprint density at radius 2 is 1.59 bits per heavy atom. The van der Waals surface area contributed by atoms with E-state index in [1.807, 2.05) is 35.2 Å². The van der Waals surface area contributed by atoms with E-state index in [-0.39, 0.29) is 12.1 Å². The van der Waals surface area contributed by atoms with Gasteiger partial charge < -0.3 is 24.8 Å². The second-order valence-corrected chi connectivity index (χ2v) is 9.84. The summed E-state index contributed by atoms with van der Waals surface area (Å²) in [4.78, 5) is 31.7. The predicted molar refractivity (Wildman–Crippen MR) is 122 cm³/mol. The highest BCUT2D eigenvalue weighted by molar-refractivity contribution is 5.78. The number of nitrogens with one attached hydrogen (secondary N) is 1. The van der Waals surface area contributed by atoms with Crippen LogP contribution in [0.4, 0.5) is 9.59 Å². The first-order valence-electron chi connectivity index (χ1n) is 12.5. The topological polar surface area (TPSA) is 65.1 Å². The van der Waals surface area contributed by atoms with Gasteiger partial charge in [0.15, 0.2) is 0 Å². The van der Waals surface area contributed by atoms with Gasteiger partial charge in [-0.3, -0.25) is 0 Å². The Morgan fingerprint density at radius 3 is 2.34 bits per heavy atom. The number of hydrogen-bond acceptors (Lipinski definition) is 4. The van der Waals surface area contributed by atoms with Crippen LogP contribution >= 0.6 is 0 Å². The van der Waals surface area contributed by atoms with E-state index < -0.39 is 0 Å². The highest BCUT2D eigenvalue weighted by Crippen LogP contribution is 2.33. The average Bonchev–Trinajstić information content (AvgIpc) is 3.19. The van der Waals surface area contributed by atoms with Crippen molar-refractivity contribution in [3.05, 3.63) is 35.9 Å². The first-order valence-corrected chi connectivity index (χ1v) is 12.5. The zero-order valence-corrected chi connectivity index (χ0v) is 19.0. The molecule has 3 aliphatic heterocycles. The third kappa shape index (κ3) is 4.58. The van der Waals surface area contributed by atoms with Crippen LogP contribution in [0.2, 0.25) is 0 Å². The molecular weight excluding hydrogens is 404 g/mol. The molecule has 0 aromatic heterocycles. The van der Waals surface area contributed by atoms with Gasteiger partial charge in [-0.2, -0.15) is 0 Å². The SMILES string of the molecule is O=C(OCc1ccccc1)N1CCC(N2CCC(N3C(=O)NC4CCCCC43)CC2)CC1. The molecule has 1 aliphatic carbocycles. The van der Waals surface area contributed by atoms with Crippen molar-refractivity contribution in [1.82, 2.24) is 20.0 Å². The predicted octanol–water partition coefficient (Wildman–Crippen LogP) is 3.59. The van der Waals surface area contributed by atoms with Gasteiger partial charge in [0.2, 0.25) is 0 Å². The summed E-state index contributed by atoms with van der Waals surface area (Å²) in [6, 6.07) is 11.7. The Morgan fingerprint density at radius 1 is 0.906 bits per heavy atom. The van der Waals surface area contributed by atoms with Gasteiger partial charge in [-0.25, -0.2) is 9.59 Å². The minimum atomic E-state index is -0.201. The molecule has 2 unspecified atom stereocenters. The molecule has 1 saturated carbocycles.